The summed E-state index contributed by atoms with van der Waals surface area (Å²) in [6.07, 6.45) is 7.52. The van der Waals surface area contributed by atoms with Crippen LogP contribution >= 0.6 is 12.2 Å². The molecule has 9 heteroatoms. The minimum atomic E-state index is -0.617. The van der Waals surface area contributed by atoms with Gasteiger partial charge in [0.2, 0.25) is 5.91 Å². The van der Waals surface area contributed by atoms with Crippen molar-refractivity contribution < 1.29 is 18.8 Å². The zero-order valence-electron chi connectivity index (χ0n) is 18.8. The van der Waals surface area contributed by atoms with E-state index in [2.05, 4.69) is 10.6 Å². The van der Waals surface area contributed by atoms with E-state index in [1.807, 2.05) is 28.8 Å². The molecule has 0 spiro atoms. The highest BCUT2D eigenvalue weighted by molar-refractivity contribution is 7.80. The van der Waals surface area contributed by atoms with E-state index >= 15 is 0 Å². The molecule has 2 heterocycles. The predicted octanol–water partition coefficient (Wildman–Crippen LogP) is 3.67. The molecular formula is C26H23FN4O3S. The first-order valence-corrected chi connectivity index (χ1v) is 11.9. The number of amides is 3. The van der Waals surface area contributed by atoms with E-state index in [4.69, 9.17) is 12.2 Å². The number of fused-ring (bicyclic) bond motifs is 1. The van der Waals surface area contributed by atoms with E-state index in [0.29, 0.717) is 11.3 Å². The highest BCUT2D eigenvalue weighted by atomic mass is 32.1. The molecule has 178 valence electrons. The quantitative estimate of drug-likeness (QED) is 0.325. The molecule has 2 aliphatic rings. The van der Waals surface area contributed by atoms with Crippen molar-refractivity contribution in [3.8, 4) is 0 Å². The number of carbonyl (C=O) groups is 3. The first-order valence-electron chi connectivity index (χ1n) is 11.4. The van der Waals surface area contributed by atoms with Gasteiger partial charge in [0.1, 0.15) is 17.9 Å². The van der Waals surface area contributed by atoms with Crippen LogP contribution in [0.25, 0.3) is 17.0 Å². The number of aromatic nitrogens is 1. The van der Waals surface area contributed by atoms with Gasteiger partial charge in [-0.2, -0.15) is 0 Å². The molecule has 1 aromatic heterocycles. The Morgan fingerprint density at radius 1 is 1.11 bits per heavy atom. The summed E-state index contributed by atoms with van der Waals surface area (Å²) in [5.74, 6) is -1.75. The van der Waals surface area contributed by atoms with Crippen LogP contribution in [0, 0.1) is 5.82 Å². The minimum absolute atomic E-state index is 0.0730. The SMILES string of the molecule is O=C(Cn1cc(C=C2C(=O)NC(=S)N(c3ccc(F)cc3)C2=O)c2ccccc21)NC1CCCC1. The van der Waals surface area contributed by atoms with E-state index in [1.54, 1.807) is 6.20 Å². The number of nitrogens with one attached hydrogen (secondary N) is 2. The van der Waals surface area contributed by atoms with Crippen LogP contribution in [0.1, 0.15) is 31.2 Å². The molecular weight excluding hydrogens is 467 g/mol. The third-order valence-corrected chi connectivity index (χ3v) is 6.62. The zero-order valence-corrected chi connectivity index (χ0v) is 19.6. The van der Waals surface area contributed by atoms with Gasteiger partial charge >= 0.3 is 0 Å². The van der Waals surface area contributed by atoms with Crippen molar-refractivity contribution in [1.29, 1.82) is 0 Å². The Labute approximate surface area is 206 Å². The smallest absolute Gasteiger partial charge is 0.270 e. The summed E-state index contributed by atoms with van der Waals surface area (Å²) >= 11 is 5.20. The van der Waals surface area contributed by atoms with Crippen molar-refractivity contribution in [3.63, 3.8) is 0 Å². The molecule has 0 bridgehead atoms. The van der Waals surface area contributed by atoms with E-state index < -0.39 is 17.6 Å². The Kier molecular flexibility index (Phi) is 6.17. The lowest BCUT2D eigenvalue weighted by atomic mass is 10.1. The number of nitrogens with zero attached hydrogens (tertiary/aromatic N) is 2. The Bertz CT molecular complexity index is 1370. The van der Waals surface area contributed by atoms with Crippen LogP contribution in [0.5, 0.6) is 0 Å². The van der Waals surface area contributed by atoms with Gasteiger partial charge in [-0.1, -0.05) is 31.0 Å². The maximum Gasteiger partial charge on any atom is 0.270 e. The highest BCUT2D eigenvalue weighted by Crippen LogP contribution is 2.27. The molecule has 7 nitrogen and oxygen atoms in total. The Morgan fingerprint density at radius 3 is 2.57 bits per heavy atom. The molecule has 1 aliphatic carbocycles. The molecule has 2 fully saturated rings. The average molecular weight is 491 g/mol. The first-order chi connectivity index (χ1) is 16.9. The highest BCUT2D eigenvalue weighted by Gasteiger charge is 2.34. The van der Waals surface area contributed by atoms with Crippen molar-refractivity contribution in [1.82, 2.24) is 15.2 Å². The Morgan fingerprint density at radius 2 is 1.83 bits per heavy atom. The maximum atomic E-state index is 13.4. The van der Waals surface area contributed by atoms with Gasteiger partial charge in [0, 0.05) is 28.7 Å². The summed E-state index contributed by atoms with van der Waals surface area (Å²) in [5.41, 5.74) is 1.68. The number of thiocarbonyl (C=S) groups is 1. The molecule has 3 aromatic rings. The van der Waals surface area contributed by atoms with Gasteiger partial charge < -0.3 is 9.88 Å². The van der Waals surface area contributed by atoms with Crippen molar-refractivity contribution in [2.45, 2.75) is 38.3 Å². The Balaban J connectivity index is 1.48. The summed E-state index contributed by atoms with van der Waals surface area (Å²) in [7, 11) is 0. The summed E-state index contributed by atoms with van der Waals surface area (Å²) in [6, 6.07) is 13.0. The number of anilines is 1. The second-order valence-electron chi connectivity index (χ2n) is 8.71. The molecule has 35 heavy (non-hydrogen) atoms. The average Bonchev–Trinajstić information content (AvgIpc) is 3.46. The van der Waals surface area contributed by atoms with Crippen molar-refractivity contribution in [2.75, 3.05) is 4.90 Å². The number of carbonyl (C=O) groups excluding carboxylic acids is 3. The number of halogens is 1. The Hall–Kier alpha value is -3.85. The molecule has 0 radical (unpaired) electrons. The van der Waals surface area contributed by atoms with Crippen LogP contribution < -0.4 is 15.5 Å². The molecule has 1 saturated carbocycles. The van der Waals surface area contributed by atoms with Crippen LogP contribution in [0.4, 0.5) is 10.1 Å². The predicted molar refractivity (Wildman–Crippen MR) is 135 cm³/mol. The van der Waals surface area contributed by atoms with Crippen LogP contribution in [-0.2, 0) is 20.9 Å². The lowest BCUT2D eigenvalue weighted by Gasteiger charge is -2.28. The van der Waals surface area contributed by atoms with Crippen LogP contribution in [-0.4, -0.2) is 33.4 Å². The fourth-order valence-corrected chi connectivity index (χ4v) is 4.94. The van der Waals surface area contributed by atoms with Gasteiger partial charge in [-0.3, -0.25) is 24.6 Å². The second kappa shape index (κ2) is 9.42. The summed E-state index contributed by atoms with van der Waals surface area (Å²) < 4.78 is 15.2. The molecule has 5 rings (SSSR count). The van der Waals surface area contributed by atoms with Crippen LogP contribution in [0.3, 0.4) is 0 Å². The van der Waals surface area contributed by atoms with Crippen LogP contribution in [0.2, 0.25) is 0 Å². The zero-order chi connectivity index (χ0) is 24.5. The fraction of sp³-hybridized carbons (Fsp3) is 0.231. The molecule has 1 aliphatic heterocycles. The van der Waals surface area contributed by atoms with Crippen LogP contribution in [0.15, 0.2) is 60.3 Å². The summed E-state index contributed by atoms with van der Waals surface area (Å²) in [4.78, 5) is 39.8. The molecule has 3 amide bonds. The van der Waals surface area contributed by atoms with Crippen molar-refractivity contribution in [2.24, 2.45) is 0 Å². The molecule has 0 unspecified atom stereocenters. The van der Waals surface area contributed by atoms with Crippen molar-refractivity contribution >= 4 is 57.7 Å². The number of hydrogen-bond donors (Lipinski definition) is 2. The molecule has 1 saturated heterocycles. The van der Waals surface area contributed by atoms with Gasteiger partial charge in [-0.15, -0.1) is 0 Å². The van der Waals surface area contributed by atoms with Gasteiger partial charge in [-0.05, 0) is 61.5 Å². The summed E-state index contributed by atoms with van der Waals surface area (Å²) in [6.45, 7) is 0.131. The molecule has 2 aromatic carbocycles. The van der Waals surface area contributed by atoms with Gasteiger partial charge in [0.25, 0.3) is 11.8 Å². The van der Waals surface area contributed by atoms with Gasteiger partial charge in [0.15, 0.2) is 5.11 Å². The number of benzene rings is 2. The van der Waals surface area contributed by atoms with E-state index in [9.17, 15) is 18.8 Å². The monoisotopic (exact) mass is 490 g/mol. The first kappa shape index (κ1) is 22.9. The van der Waals surface area contributed by atoms with E-state index in [-0.39, 0.29) is 29.2 Å². The largest absolute Gasteiger partial charge is 0.352 e. The van der Waals surface area contributed by atoms with E-state index in [0.717, 1.165) is 41.5 Å². The van der Waals surface area contributed by atoms with E-state index in [1.165, 1.54) is 30.3 Å². The minimum Gasteiger partial charge on any atom is -0.352 e. The second-order valence-corrected chi connectivity index (χ2v) is 9.10. The molecule has 2 N–H and O–H groups in total. The fourth-order valence-electron chi connectivity index (χ4n) is 4.66. The van der Waals surface area contributed by atoms with Gasteiger partial charge in [0.05, 0.1) is 5.69 Å². The molecule has 0 atom stereocenters. The lowest BCUT2D eigenvalue weighted by Crippen LogP contribution is -2.54. The summed E-state index contributed by atoms with van der Waals surface area (Å²) in [5, 5.41) is 6.35. The van der Waals surface area contributed by atoms with Crippen molar-refractivity contribution in [3.05, 3.63) is 71.7 Å². The number of para-hydroxylation sites is 1. The lowest BCUT2D eigenvalue weighted by molar-refractivity contribution is -0.123. The third kappa shape index (κ3) is 4.59. The van der Waals surface area contributed by atoms with Gasteiger partial charge in [-0.25, -0.2) is 4.39 Å². The third-order valence-electron chi connectivity index (χ3n) is 6.34. The number of rotatable bonds is 5. The maximum absolute atomic E-state index is 13.4. The normalized spacial score (nSPS) is 17.9. The topological polar surface area (TPSA) is 83.4 Å². The number of hydrogen-bond acceptors (Lipinski definition) is 4. The standard InChI is InChI=1S/C26H23FN4O3S/c27-17-9-11-19(12-10-17)31-25(34)21(24(33)29-26(31)35)13-16-14-30(22-8-4-3-7-20(16)22)15-23(32)28-18-5-1-2-6-18/h3-4,7-14,18H,1-2,5-6,15H2,(H,28,32)(H,29,33,35).